The fourth-order valence-electron chi connectivity index (χ4n) is 1.86. The third-order valence-corrected chi connectivity index (χ3v) is 6.09. The highest BCUT2D eigenvalue weighted by Crippen LogP contribution is 2.37. The van der Waals surface area contributed by atoms with Gasteiger partial charge in [-0.15, -0.1) is 0 Å². The van der Waals surface area contributed by atoms with E-state index in [1.54, 1.807) is 0 Å². The number of aromatic nitrogens is 1. The Kier molecular flexibility index (Phi) is 4.21. The van der Waals surface area contributed by atoms with Gasteiger partial charge >= 0.3 is 0 Å². The highest BCUT2D eigenvalue weighted by molar-refractivity contribution is 8.01. The molecule has 0 radical (unpaired) electrons. The number of pyridine rings is 1. The molecule has 1 atom stereocenters. The van der Waals surface area contributed by atoms with E-state index in [-0.39, 0.29) is 14.8 Å². The Balaban J connectivity index is 2.08. The van der Waals surface area contributed by atoms with Crippen LogP contribution >= 0.6 is 23.4 Å². The van der Waals surface area contributed by atoms with E-state index in [0.717, 1.165) is 18.6 Å². The molecule has 1 N–H and O–H groups in total. The summed E-state index contributed by atoms with van der Waals surface area (Å²) < 4.78 is 26.8. The number of nitrogens with one attached hydrogen (secondary N) is 1. The predicted octanol–water partition coefficient (Wildman–Crippen LogP) is 2.30. The van der Waals surface area contributed by atoms with Gasteiger partial charge in [-0.2, -0.15) is 11.8 Å². The summed E-state index contributed by atoms with van der Waals surface area (Å²) in [6.07, 6.45) is 3.57. The van der Waals surface area contributed by atoms with Crippen LogP contribution in [0.4, 0.5) is 0 Å². The third-order valence-electron chi connectivity index (χ3n) is 2.94. The second-order valence-electron chi connectivity index (χ2n) is 4.54. The molecule has 2 rings (SSSR count). The van der Waals surface area contributed by atoms with Crippen LogP contribution in [0, 0.1) is 0 Å². The van der Waals surface area contributed by atoms with Gasteiger partial charge in [-0.3, -0.25) is 0 Å². The van der Waals surface area contributed by atoms with E-state index >= 15 is 0 Å². The van der Waals surface area contributed by atoms with Crippen LogP contribution in [-0.2, 0) is 10.0 Å². The summed E-state index contributed by atoms with van der Waals surface area (Å²) >= 11 is 7.52. The van der Waals surface area contributed by atoms with Crippen molar-refractivity contribution in [3.63, 3.8) is 0 Å². The summed E-state index contributed by atoms with van der Waals surface area (Å²) in [5.41, 5.74) is 0. The van der Waals surface area contributed by atoms with Gasteiger partial charge in [0.1, 0.15) is 5.15 Å². The van der Waals surface area contributed by atoms with Crippen molar-refractivity contribution in [3.8, 4) is 0 Å². The van der Waals surface area contributed by atoms with Gasteiger partial charge in [0.05, 0.1) is 4.90 Å². The molecule has 0 spiro atoms. The minimum absolute atomic E-state index is 0.00386. The Morgan fingerprint density at radius 1 is 1.61 bits per heavy atom. The number of rotatable bonds is 4. The van der Waals surface area contributed by atoms with Crippen LogP contribution in [0.2, 0.25) is 5.15 Å². The molecule has 1 saturated heterocycles. The molecule has 7 heteroatoms. The zero-order chi connectivity index (χ0) is 13.2. The van der Waals surface area contributed by atoms with E-state index in [2.05, 4.69) is 16.6 Å². The van der Waals surface area contributed by atoms with Crippen LogP contribution in [0.25, 0.3) is 0 Å². The van der Waals surface area contributed by atoms with Gasteiger partial charge in [0.2, 0.25) is 10.0 Å². The highest BCUT2D eigenvalue weighted by Gasteiger charge is 2.31. The average molecular weight is 307 g/mol. The summed E-state index contributed by atoms with van der Waals surface area (Å²) in [5, 5.41) is 0.180. The van der Waals surface area contributed by atoms with Crippen LogP contribution < -0.4 is 4.72 Å². The van der Waals surface area contributed by atoms with Crippen molar-refractivity contribution < 1.29 is 8.42 Å². The lowest BCUT2D eigenvalue weighted by molar-refractivity contribution is 0.552. The molecule has 1 unspecified atom stereocenters. The van der Waals surface area contributed by atoms with Crippen molar-refractivity contribution in [1.29, 1.82) is 0 Å². The minimum atomic E-state index is -3.50. The standard InChI is InChI=1S/C11H15ClN2O2S2/c1-11(4-2-6-17-11)8-14-18(15,16)9-3-5-13-10(12)7-9/h3,5,7,14H,2,4,6,8H2,1H3. The largest absolute Gasteiger partial charge is 0.244 e. The number of hydrogen-bond donors (Lipinski definition) is 1. The molecule has 1 aliphatic rings. The van der Waals surface area contributed by atoms with Crippen LogP contribution in [0.5, 0.6) is 0 Å². The number of nitrogens with zero attached hydrogens (tertiary/aromatic N) is 1. The van der Waals surface area contributed by atoms with Crippen LogP contribution in [-0.4, -0.2) is 30.4 Å². The number of sulfonamides is 1. The first-order chi connectivity index (χ1) is 8.41. The van der Waals surface area contributed by atoms with Crippen molar-refractivity contribution >= 4 is 33.4 Å². The quantitative estimate of drug-likeness (QED) is 0.867. The van der Waals surface area contributed by atoms with Gasteiger partial charge in [0.25, 0.3) is 0 Å². The highest BCUT2D eigenvalue weighted by atomic mass is 35.5. The Morgan fingerprint density at radius 2 is 2.39 bits per heavy atom. The second-order valence-corrected chi connectivity index (χ2v) is 8.38. The second kappa shape index (κ2) is 5.36. The molecule has 1 aromatic heterocycles. The molecule has 0 saturated carbocycles. The van der Waals surface area contributed by atoms with Crippen molar-refractivity contribution in [2.45, 2.75) is 29.4 Å². The Labute approximate surface area is 117 Å². The van der Waals surface area contributed by atoms with Gasteiger partial charge in [0, 0.05) is 17.5 Å². The maximum Gasteiger partial charge on any atom is 0.240 e. The normalized spacial score (nSPS) is 24.3. The molecule has 4 nitrogen and oxygen atoms in total. The van der Waals surface area contributed by atoms with Crippen molar-refractivity contribution in [1.82, 2.24) is 9.71 Å². The minimum Gasteiger partial charge on any atom is -0.244 e. The molecule has 0 amide bonds. The first kappa shape index (κ1) is 14.1. The summed E-state index contributed by atoms with van der Waals surface area (Å²) in [7, 11) is -3.50. The van der Waals surface area contributed by atoms with Gasteiger partial charge in [-0.1, -0.05) is 11.6 Å². The zero-order valence-electron chi connectivity index (χ0n) is 10.0. The third kappa shape index (κ3) is 3.38. The predicted molar refractivity (Wildman–Crippen MR) is 74.5 cm³/mol. The van der Waals surface area contributed by atoms with Gasteiger partial charge in [0.15, 0.2) is 0 Å². The van der Waals surface area contributed by atoms with E-state index in [9.17, 15) is 8.42 Å². The fraction of sp³-hybridized carbons (Fsp3) is 0.545. The topological polar surface area (TPSA) is 59.1 Å². The maximum absolute atomic E-state index is 12.1. The van der Waals surface area contributed by atoms with Crippen molar-refractivity contribution in [3.05, 3.63) is 23.5 Å². The first-order valence-corrected chi connectivity index (χ1v) is 8.51. The van der Waals surface area contributed by atoms with E-state index in [4.69, 9.17) is 11.6 Å². The van der Waals surface area contributed by atoms with Crippen LogP contribution in [0.15, 0.2) is 23.2 Å². The first-order valence-electron chi connectivity index (χ1n) is 5.67. The molecule has 1 aromatic rings. The number of halogens is 1. The van der Waals surface area contributed by atoms with E-state index in [0.29, 0.717) is 6.54 Å². The molecule has 0 aromatic carbocycles. The molecule has 1 fully saturated rings. The smallest absolute Gasteiger partial charge is 0.240 e. The SMILES string of the molecule is CC1(CNS(=O)(=O)c2ccnc(Cl)c2)CCCS1. The number of thioether (sulfide) groups is 1. The molecule has 0 bridgehead atoms. The van der Waals surface area contributed by atoms with Crippen molar-refractivity contribution in [2.24, 2.45) is 0 Å². The molecule has 18 heavy (non-hydrogen) atoms. The van der Waals surface area contributed by atoms with Gasteiger partial charge in [-0.25, -0.2) is 18.1 Å². The lowest BCUT2D eigenvalue weighted by Crippen LogP contribution is -2.36. The Hall–Kier alpha value is -0.300. The van der Waals surface area contributed by atoms with Gasteiger partial charge < -0.3 is 0 Å². The van der Waals surface area contributed by atoms with Crippen molar-refractivity contribution in [2.75, 3.05) is 12.3 Å². The summed E-state index contributed by atoms with van der Waals surface area (Å²) in [6.45, 7) is 2.53. The lowest BCUT2D eigenvalue weighted by Gasteiger charge is -2.22. The molecular formula is C11H15ClN2O2S2. The molecular weight excluding hydrogens is 292 g/mol. The number of hydrogen-bond acceptors (Lipinski definition) is 4. The maximum atomic E-state index is 12.1. The fourth-order valence-corrected chi connectivity index (χ4v) is 4.62. The van der Waals surface area contributed by atoms with E-state index in [1.165, 1.54) is 18.3 Å². The molecule has 2 heterocycles. The molecule has 0 aliphatic carbocycles. The summed E-state index contributed by atoms with van der Waals surface area (Å²) in [4.78, 5) is 3.93. The zero-order valence-corrected chi connectivity index (χ0v) is 12.4. The lowest BCUT2D eigenvalue weighted by atomic mass is 10.1. The summed E-state index contributed by atoms with van der Waals surface area (Å²) in [5.74, 6) is 1.10. The van der Waals surface area contributed by atoms with Crippen LogP contribution in [0.1, 0.15) is 19.8 Å². The monoisotopic (exact) mass is 306 g/mol. The summed E-state index contributed by atoms with van der Waals surface area (Å²) in [6, 6.07) is 2.80. The Morgan fingerprint density at radius 3 is 3.00 bits per heavy atom. The van der Waals surface area contributed by atoms with E-state index in [1.807, 2.05) is 11.8 Å². The Bertz CT molecular complexity index is 528. The van der Waals surface area contributed by atoms with Crippen LogP contribution in [0.3, 0.4) is 0 Å². The van der Waals surface area contributed by atoms with Gasteiger partial charge in [-0.05, 0) is 37.7 Å². The average Bonchev–Trinajstić information content (AvgIpc) is 2.75. The molecule has 1 aliphatic heterocycles. The molecule has 100 valence electrons. The van der Waals surface area contributed by atoms with E-state index < -0.39 is 10.0 Å².